The molecule has 0 aromatic carbocycles. The third-order valence-corrected chi connectivity index (χ3v) is 4.61. The van der Waals surface area contributed by atoms with Gasteiger partial charge >= 0.3 is 0 Å². The van der Waals surface area contributed by atoms with Gasteiger partial charge in [0.1, 0.15) is 5.82 Å². The summed E-state index contributed by atoms with van der Waals surface area (Å²) in [6, 6.07) is 1.95. The van der Waals surface area contributed by atoms with E-state index in [4.69, 9.17) is 4.74 Å². The number of fused-ring (bicyclic) bond motifs is 2. The van der Waals surface area contributed by atoms with E-state index in [1.807, 2.05) is 20.1 Å². The summed E-state index contributed by atoms with van der Waals surface area (Å²) in [6.45, 7) is 5.99. The number of aromatic nitrogens is 2. The van der Waals surface area contributed by atoms with Crippen LogP contribution in [0.2, 0.25) is 0 Å². The summed E-state index contributed by atoms with van der Waals surface area (Å²) in [5, 5.41) is 0. The molecule has 0 amide bonds. The van der Waals surface area contributed by atoms with E-state index in [9.17, 15) is 0 Å². The minimum absolute atomic E-state index is 0. The van der Waals surface area contributed by atoms with Crippen LogP contribution in [0.3, 0.4) is 0 Å². The topological polar surface area (TPSA) is 35.0 Å². The van der Waals surface area contributed by atoms with Gasteiger partial charge in [-0.3, -0.25) is 9.97 Å². The van der Waals surface area contributed by atoms with E-state index in [1.54, 1.807) is 0 Å². The average Bonchev–Trinajstić information content (AvgIpc) is 2.59. The zero-order chi connectivity index (χ0) is 12.7. The molecule has 0 aliphatic heterocycles. The van der Waals surface area contributed by atoms with Crippen molar-refractivity contribution in [2.24, 2.45) is 11.8 Å². The second kappa shape index (κ2) is 6.19. The zero-order valence-corrected chi connectivity index (χ0v) is 14.6. The Morgan fingerprint density at radius 2 is 1.84 bits per heavy atom. The quantitative estimate of drug-likeness (QED) is 0.780. The van der Waals surface area contributed by atoms with E-state index < -0.39 is 0 Å². The molecule has 0 spiro atoms. The average molecular weight is 334 g/mol. The van der Waals surface area contributed by atoms with Gasteiger partial charge in [0.2, 0.25) is 0 Å². The molecule has 1 heterocycles. The van der Waals surface area contributed by atoms with Crippen LogP contribution in [0.25, 0.3) is 0 Å². The van der Waals surface area contributed by atoms with Crippen molar-refractivity contribution in [1.29, 1.82) is 0 Å². The van der Waals surface area contributed by atoms with E-state index in [1.165, 1.54) is 25.7 Å². The molecule has 3 rings (SSSR count). The van der Waals surface area contributed by atoms with Crippen molar-refractivity contribution >= 4 is 0 Å². The standard InChI is InChI=1S/C15H21N2O.Y/c1-9-6-10(2)17-15(16-9)14-11-4-5-12(14)8-13(7-11)18-3;/h6,11-14H,1,4-5,7-8H2,2-3H3;/q-1;/t11-,12+,13?,14?;. The summed E-state index contributed by atoms with van der Waals surface area (Å²) in [5.74, 6) is 2.98. The van der Waals surface area contributed by atoms with Gasteiger partial charge in [0.15, 0.2) is 0 Å². The molecular weight excluding hydrogens is 313 g/mol. The summed E-state index contributed by atoms with van der Waals surface area (Å²) < 4.78 is 5.55. The molecule has 2 unspecified atom stereocenters. The van der Waals surface area contributed by atoms with E-state index in [2.05, 4.69) is 16.9 Å². The predicted molar refractivity (Wildman–Crippen MR) is 70.2 cm³/mol. The summed E-state index contributed by atoms with van der Waals surface area (Å²) >= 11 is 0. The fourth-order valence-electron chi connectivity index (χ4n) is 3.89. The van der Waals surface area contributed by atoms with Crippen LogP contribution in [0.5, 0.6) is 0 Å². The van der Waals surface area contributed by atoms with Gasteiger partial charge < -0.3 is 4.74 Å². The Kier molecular flexibility index (Phi) is 5.02. The van der Waals surface area contributed by atoms with Crippen molar-refractivity contribution in [3.8, 4) is 0 Å². The monoisotopic (exact) mass is 334 g/mol. The van der Waals surface area contributed by atoms with Gasteiger partial charge in [-0.15, -0.1) is 0 Å². The molecule has 2 saturated carbocycles. The van der Waals surface area contributed by atoms with Crippen LogP contribution in [0.1, 0.15) is 48.8 Å². The number of hydrogen-bond donors (Lipinski definition) is 0. The molecule has 1 aromatic rings. The number of methoxy groups -OCH3 is 1. The Hall–Kier alpha value is 0.0139. The number of rotatable bonds is 2. The van der Waals surface area contributed by atoms with Gasteiger partial charge in [-0.05, 0) is 50.1 Å². The first-order valence-corrected chi connectivity index (χ1v) is 6.87. The summed E-state index contributed by atoms with van der Waals surface area (Å²) in [5.41, 5.74) is 1.89. The molecule has 2 aliphatic carbocycles. The Morgan fingerprint density at radius 1 is 1.21 bits per heavy atom. The summed E-state index contributed by atoms with van der Waals surface area (Å²) in [6.07, 6.45) is 5.39. The molecule has 4 heteroatoms. The van der Waals surface area contributed by atoms with E-state index >= 15 is 0 Å². The van der Waals surface area contributed by atoms with Crippen LogP contribution in [0, 0.1) is 25.7 Å². The number of aryl methyl sites for hydroxylation is 1. The van der Waals surface area contributed by atoms with Crippen LogP contribution >= 0.6 is 0 Å². The second-order valence-corrected chi connectivity index (χ2v) is 5.81. The predicted octanol–water partition coefficient (Wildman–Crippen LogP) is 2.88. The minimum Gasteiger partial charge on any atom is -0.381 e. The van der Waals surface area contributed by atoms with Gasteiger partial charge in [-0.25, -0.2) is 6.92 Å². The maximum absolute atomic E-state index is 5.55. The molecular formula is C15H21N2OY-. The van der Waals surface area contributed by atoms with Crippen LogP contribution in [0.4, 0.5) is 0 Å². The molecule has 2 aliphatic rings. The first-order chi connectivity index (χ1) is 8.67. The number of hydrogen-bond acceptors (Lipinski definition) is 3. The van der Waals surface area contributed by atoms with E-state index in [-0.39, 0.29) is 32.7 Å². The van der Waals surface area contributed by atoms with Gasteiger partial charge in [0, 0.05) is 45.7 Å². The second-order valence-electron chi connectivity index (χ2n) is 5.81. The van der Waals surface area contributed by atoms with E-state index in [0.717, 1.165) is 17.2 Å². The largest absolute Gasteiger partial charge is 0.381 e. The fraction of sp³-hybridized carbons (Fsp3) is 0.667. The molecule has 4 atom stereocenters. The normalized spacial score (nSPS) is 32.9. The first-order valence-electron chi connectivity index (χ1n) is 6.87. The SMILES string of the molecule is [CH2-]c1cc(C)nc(C2[C@@H]3CC[C@H]2CC(OC)C3)n1.[Y]. The molecule has 101 valence electrons. The molecule has 3 nitrogen and oxygen atoms in total. The van der Waals surface area contributed by atoms with Crippen LogP contribution in [0.15, 0.2) is 6.07 Å². The minimum atomic E-state index is 0. The molecule has 1 radical (unpaired) electrons. The van der Waals surface area contributed by atoms with Crippen molar-refractivity contribution in [2.75, 3.05) is 7.11 Å². The third-order valence-electron chi connectivity index (χ3n) is 4.61. The summed E-state index contributed by atoms with van der Waals surface area (Å²) in [7, 11) is 1.83. The van der Waals surface area contributed by atoms with Crippen LogP contribution < -0.4 is 0 Å². The Bertz CT molecular complexity index is 418. The van der Waals surface area contributed by atoms with Crippen molar-refractivity contribution in [1.82, 2.24) is 9.97 Å². The van der Waals surface area contributed by atoms with Crippen molar-refractivity contribution < 1.29 is 37.4 Å². The zero-order valence-electron chi connectivity index (χ0n) is 11.8. The number of nitrogens with zero attached hydrogens (tertiary/aromatic N) is 2. The van der Waals surface area contributed by atoms with Crippen molar-refractivity contribution in [3.05, 3.63) is 30.2 Å². The smallest absolute Gasteiger partial charge is 0.127 e. The molecule has 0 saturated heterocycles. The molecule has 0 N–H and O–H groups in total. The van der Waals surface area contributed by atoms with Crippen molar-refractivity contribution in [3.63, 3.8) is 0 Å². The Labute approximate surface area is 140 Å². The van der Waals surface area contributed by atoms with Gasteiger partial charge in [0.05, 0.1) is 6.10 Å². The number of ether oxygens (including phenoxy) is 1. The maximum Gasteiger partial charge on any atom is 0.127 e. The Morgan fingerprint density at radius 3 is 2.37 bits per heavy atom. The van der Waals surface area contributed by atoms with Crippen LogP contribution in [-0.4, -0.2) is 23.2 Å². The van der Waals surface area contributed by atoms with Gasteiger partial charge in [0.25, 0.3) is 0 Å². The Balaban J connectivity index is 0.00000133. The molecule has 1 aromatic heterocycles. The maximum atomic E-state index is 5.55. The van der Waals surface area contributed by atoms with Crippen molar-refractivity contribution in [2.45, 2.75) is 44.6 Å². The third kappa shape index (κ3) is 3.04. The van der Waals surface area contributed by atoms with Crippen LogP contribution in [-0.2, 0) is 37.4 Å². The molecule has 2 fully saturated rings. The first kappa shape index (κ1) is 15.4. The summed E-state index contributed by atoms with van der Waals surface area (Å²) in [4.78, 5) is 9.24. The molecule has 2 bridgehead atoms. The molecule has 19 heavy (non-hydrogen) atoms. The van der Waals surface area contributed by atoms with Gasteiger partial charge in [-0.1, -0.05) is 5.69 Å². The van der Waals surface area contributed by atoms with Gasteiger partial charge in [-0.2, -0.15) is 6.07 Å². The fourth-order valence-corrected chi connectivity index (χ4v) is 3.89. The van der Waals surface area contributed by atoms with E-state index in [0.29, 0.717) is 23.9 Å².